The van der Waals surface area contributed by atoms with Crippen molar-refractivity contribution in [2.75, 3.05) is 9.80 Å². The van der Waals surface area contributed by atoms with Crippen LogP contribution in [0.2, 0.25) is 0 Å². The molecule has 0 saturated carbocycles. The summed E-state index contributed by atoms with van der Waals surface area (Å²) in [6, 6.07) is 77.6. The van der Waals surface area contributed by atoms with Crippen LogP contribution >= 0.6 is 0 Å². The van der Waals surface area contributed by atoms with E-state index in [2.05, 4.69) is 228 Å². The third-order valence-electron chi connectivity index (χ3n) is 9.04. The third-order valence-corrected chi connectivity index (χ3v) is 9.04. The fourth-order valence-electron chi connectivity index (χ4n) is 6.56. The number of para-hydroxylation sites is 2. The van der Waals surface area contributed by atoms with Crippen LogP contribution in [0.25, 0.3) is 33.4 Å². The monoisotopic (exact) mass is 640 g/mol. The van der Waals surface area contributed by atoms with Gasteiger partial charge in [0.1, 0.15) is 0 Å². The molecule has 0 aliphatic heterocycles. The number of hydrogen-bond donors (Lipinski definition) is 0. The van der Waals surface area contributed by atoms with Crippen LogP contribution in [0.5, 0.6) is 0 Å². The van der Waals surface area contributed by atoms with Gasteiger partial charge in [-0.1, -0.05) is 146 Å². The van der Waals surface area contributed by atoms with Crippen molar-refractivity contribution in [2.45, 2.75) is 0 Å². The summed E-state index contributed by atoms with van der Waals surface area (Å²) in [5.74, 6) is 0. The van der Waals surface area contributed by atoms with Gasteiger partial charge in [0.25, 0.3) is 0 Å². The van der Waals surface area contributed by atoms with Crippen molar-refractivity contribution in [3.05, 3.63) is 218 Å². The molecule has 0 spiro atoms. The van der Waals surface area contributed by atoms with Gasteiger partial charge >= 0.3 is 0 Å². The predicted octanol–water partition coefficient (Wildman–Crippen LogP) is 13.6. The molecular weight excluding hydrogens is 605 g/mol. The maximum Gasteiger partial charge on any atom is 0.0467 e. The number of rotatable bonds is 9. The SMILES string of the molecule is c1ccc(-c2cccc(N(c3ccc(-c4ccc(N(c5ccccc5)c5ccccc5)cc4)cc3)c3cccc(-c4ccccc4)c3)c2)cc1. The zero-order valence-corrected chi connectivity index (χ0v) is 27.7. The standard InChI is InChI=1S/C48H36N2/c1-5-15-37(16-6-1)41-19-13-25-47(35-41)50(48-26-14-20-42(36-48)38-17-7-2-8-18-38)46-33-29-40(30-34-46)39-27-31-45(32-28-39)49(43-21-9-3-10-22-43)44-23-11-4-12-24-44/h1-36H. The molecule has 0 radical (unpaired) electrons. The summed E-state index contributed by atoms with van der Waals surface area (Å²) in [6.45, 7) is 0. The molecule has 0 bridgehead atoms. The molecule has 0 heterocycles. The molecule has 0 N–H and O–H groups in total. The van der Waals surface area contributed by atoms with Crippen molar-refractivity contribution in [3.8, 4) is 33.4 Å². The van der Waals surface area contributed by atoms with E-state index in [1.54, 1.807) is 0 Å². The molecule has 8 aromatic carbocycles. The second-order valence-electron chi connectivity index (χ2n) is 12.3. The van der Waals surface area contributed by atoms with Crippen molar-refractivity contribution in [1.82, 2.24) is 0 Å². The van der Waals surface area contributed by atoms with Crippen LogP contribution in [0, 0.1) is 0 Å². The predicted molar refractivity (Wildman–Crippen MR) is 212 cm³/mol. The number of nitrogens with zero attached hydrogens (tertiary/aromatic N) is 2. The first-order chi connectivity index (χ1) is 24.8. The van der Waals surface area contributed by atoms with Gasteiger partial charge in [-0.15, -0.1) is 0 Å². The van der Waals surface area contributed by atoms with Crippen molar-refractivity contribution >= 4 is 34.1 Å². The Bertz CT molecular complexity index is 2160. The van der Waals surface area contributed by atoms with Gasteiger partial charge in [0.15, 0.2) is 0 Å². The molecule has 8 aromatic rings. The first kappa shape index (κ1) is 30.7. The molecule has 0 atom stereocenters. The molecule has 8 rings (SSSR count). The lowest BCUT2D eigenvalue weighted by Gasteiger charge is -2.27. The highest BCUT2D eigenvalue weighted by molar-refractivity contribution is 5.84. The maximum atomic E-state index is 2.35. The molecular formula is C48H36N2. The van der Waals surface area contributed by atoms with Crippen LogP contribution in [-0.2, 0) is 0 Å². The molecule has 0 unspecified atom stereocenters. The van der Waals surface area contributed by atoms with Crippen LogP contribution in [-0.4, -0.2) is 0 Å². The quantitative estimate of drug-likeness (QED) is 0.155. The van der Waals surface area contributed by atoms with Crippen molar-refractivity contribution in [3.63, 3.8) is 0 Å². The summed E-state index contributed by atoms with van der Waals surface area (Å²) in [5.41, 5.74) is 13.8. The Morgan fingerprint density at radius 2 is 0.440 bits per heavy atom. The summed E-state index contributed by atoms with van der Waals surface area (Å²) in [6.07, 6.45) is 0. The molecule has 0 amide bonds. The molecule has 2 nitrogen and oxygen atoms in total. The topological polar surface area (TPSA) is 6.48 Å². The molecule has 50 heavy (non-hydrogen) atoms. The summed E-state index contributed by atoms with van der Waals surface area (Å²) < 4.78 is 0. The van der Waals surface area contributed by atoms with E-state index in [0.29, 0.717) is 0 Å². The number of hydrogen-bond acceptors (Lipinski definition) is 2. The van der Waals surface area contributed by atoms with E-state index in [1.807, 2.05) is 0 Å². The number of anilines is 6. The Morgan fingerprint density at radius 3 is 0.820 bits per heavy atom. The minimum absolute atomic E-state index is 1.10. The first-order valence-corrected chi connectivity index (χ1v) is 17.0. The molecule has 0 aliphatic carbocycles. The minimum atomic E-state index is 1.10. The van der Waals surface area contributed by atoms with Gasteiger partial charge in [0.2, 0.25) is 0 Å². The average Bonchev–Trinajstić information content (AvgIpc) is 3.20. The van der Waals surface area contributed by atoms with Crippen molar-refractivity contribution in [2.24, 2.45) is 0 Å². The van der Waals surface area contributed by atoms with Gasteiger partial charge in [-0.25, -0.2) is 0 Å². The Balaban J connectivity index is 1.15. The maximum absolute atomic E-state index is 2.35. The summed E-state index contributed by atoms with van der Waals surface area (Å²) in [5, 5.41) is 0. The second kappa shape index (κ2) is 14.2. The van der Waals surface area contributed by atoms with Gasteiger partial charge in [-0.05, 0) is 106 Å². The summed E-state index contributed by atoms with van der Waals surface area (Å²) in [4.78, 5) is 4.64. The lowest BCUT2D eigenvalue weighted by molar-refractivity contribution is 1.28. The fraction of sp³-hybridized carbons (Fsp3) is 0. The Morgan fingerprint density at radius 1 is 0.180 bits per heavy atom. The minimum Gasteiger partial charge on any atom is -0.311 e. The third kappa shape index (κ3) is 6.56. The van der Waals surface area contributed by atoms with Crippen LogP contribution in [0.4, 0.5) is 34.1 Å². The van der Waals surface area contributed by atoms with Crippen molar-refractivity contribution < 1.29 is 0 Å². The van der Waals surface area contributed by atoms with Crippen LogP contribution in [0.3, 0.4) is 0 Å². The zero-order valence-electron chi connectivity index (χ0n) is 27.7. The van der Waals surface area contributed by atoms with E-state index in [4.69, 9.17) is 0 Å². The largest absolute Gasteiger partial charge is 0.311 e. The average molecular weight is 641 g/mol. The smallest absolute Gasteiger partial charge is 0.0467 e. The summed E-state index contributed by atoms with van der Waals surface area (Å²) >= 11 is 0. The van der Waals surface area contributed by atoms with Crippen LogP contribution in [0.15, 0.2) is 218 Å². The van der Waals surface area contributed by atoms with Gasteiger partial charge in [-0.2, -0.15) is 0 Å². The molecule has 0 aromatic heterocycles. The van der Waals surface area contributed by atoms with E-state index in [0.717, 1.165) is 34.1 Å². The van der Waals surface area contributed by atoms with E-state index < -0.39 is 0 Å². The summed E-state index contributed by atoms with van der Waals surface area (Å²) in [7, 11) is 0. The lowest BCUT2D eigenvalue weighted by atomic mass is 10.0. The first-order valence-electron chi connectivity index (χ1n) is 17.0. The van der Waals surface area contributed by atoms with E-state index >= 15 is 0 Å². The highest BCUT2D eigenvalue weighted by atomic mass is 15.1. The Labute approximate surface area is 294 Å². The van der Waals surface area contributed by atoms with Crippen LogP contribution < -0.4 is 9.80 Å². The highest BCUT2D eigenvalue weighted by Gasteiger charge is 2.16. The Hall–Kier alpha value is -6.64. The molecule has 2 heteroatoms. The van der Waals surface area contributed by atoms with Gasteiger partial charge in [-0.3, -0.25) is 0 Å². The molecule has 0 saturated heterocycles. The van der Waals surface area contributed by atoms with Gasteiger partial charge in [0, 0.05) is 34.1 Å². The molecule has 238 valence electrons. The zero-order chi connectivity index (χ0) is 33.5. The van der Waals surface area contributed by atoms with E-state index in [9.17, 15) is 0 Å². The van der Waals surface area contributed by atoms with Crippen LogP contribution in [0.1, 0.15) is 0 Å². The van der Waals surface area contributed by atoms with E-state index in [-0.39, 0.29) is 0 Å². The van der Waals surface area contributed by atoms with Gasteiger partial charge in [0.05, 0.1) is 0 Å². The second-order valence-corrected chi connectivity index (χ2v) is 12.3. The lowest BCUT2D eigenvalue weighted by Crippen LogP contribution is -2.10. The Kier molecular flexibility index (Phi) is 8.73. The molecule has 0 aliphatic rings. The van der Waals surface area contributed by atoms with E-state index in [1.165, 1.54) is 33.4 Å². The van der Waals surface area contributed by atoms with Crippen molar-refractivity contribution in [1.29, 1.82) is 0 Å². The van der Waals surface area contributed by atoms with Gasteiger partial charge < -0.3 is 9.80 Å². The highest BCUT2D eigenvalue weighted by Crippen LogP contribution is 2.40. The molecule has 0 fully saturated rings. The fourth-order valence-corrected chi connectivity index (χ4v) is 6.56. The number of benzene rings is 8. The normalized spacial score (nSPS) is 10.8.